The Balaban J connectivity index is 1.60. The maximum Gasteiger partial charge on any atom is 0.339 e. The first-order valence-electron chi connectivity index (χ1n) is 9.52. The van der Waals surface area contributed by atoms with Gasteiger partial charge in [-0.25, -0.2) is 4.79 Å². The van der Waals surface area contributed by atoms with Crippen LogP contribution in [0, 0.1) is 0 Å². The summed E-state index contributed by atoms with van der Waals surface area (Å²) in [5.74, 6) is 0.380. The molecule has 2 heterocycles. The van der Waals surface area contributed by atoms with Crippen molar-refractivity contribution in [3.63, 3.8) is 0 Å². The minimum absolute atomic E-state index is 0.188. The third kappa shape index (κ3) is 3.87. The topological polar surface area (TPSA) is 78.1 Å². The van der Waals surface area contributed by atoms with Crippen molar-refractivity contribution in [2.45, 2.75) is 32.8 Å². The number of rotatable bonds is 5. The minimum Gasteiger partial charge on any atom is -0.449 e. The van der Waals surface area contributed by atoms with E-state index in [0.717, 1.165) is 22.2 Å². The standard InChI is InChI=1S/C23H21N3O3/c1-14(2)20-13-18(17-11-7-8-12-19(17)24-20)23(27)28-15(3)21-25-26-22(29-21)16-9-5-4-6-10-16/h4-15H,1-3H3. The van der Waals surface area contributed by atoms with Crippen molar-refractivity contribution in [3.8, 4) is 11.5 Å². The van der Waals surface area contributed by atoms with E-state index in [1.54, 1.807) is 13.0 Å². The van der Waals surface area contributed by atoms with Gasteiger partial charge < -0.3 is 9.15 Å². The van der Waals surface area contributed by atoms with Crippen LogP contribution in [0.5, 0.6) is 0 Å². The number of para-hydroxylation sites is 1. The van der Waals surface area contributed by atoms with Gasteiger partial charge in [-0.3, -0.25) is 4.98 Å². The summed E-state index contributed by atoms with van der Waals surface area (Å²) in [7, 11) is 0. The smallest absolute Gasteiger partial charge is 0.339 e. The summed E-state index contributed by atoms with van der Waals surface area (Å²) in [5, 5.41) is 8.85. The van der Waals surface area contributed by atoms with Gasteiger partial charge in [0, 0.05) is 16.6 Å². The molecule has 0 amide bonds. The van der Waals surface area contributed by atoms with E-state index >= 15 is 0 Å². The van der Waals surface area contributed by atoms with Gasteiger partial charge >= 0.3 is 5.97 Å². The monoisotopic (exact) mass is 387 g/mol. The lowest BCUT2D eigenvalue weighted by Crippen LogP contribution is -2.11. The van der Waals surface area contributed by atoms with E-state index in [1.165, 1.54) is 0 Å². The predicted molar refractivity (Wildman–Crippen MR) is 109 cm³/mol. The quantitative estimate of drug-likeness (QED) is 0.431. The zero-order chi connectivity index (χ0) is 20.4. The van der Waals surface area contributed by atoms with E-state index in [1.807, 2.05) is 68.4 Å². The molecule has 4 aromatic rings. The van der Waals surface area contributed by atoms with Gasteiger partial charge in [0.1, 0.15) is 0 Å². The van der Waals surface area contributed by atoms with E-state index in [-0.39, 0.29) is 11.8 Å². The average Bonchev–Trinajstić information content (AvgIpc) is 3.24. The molecule has 29 heavy (non-hydrogen) atoms. The van der Waals surface area contributed by atoms with Crippen molar-refractivity contribution in [1.29, 1.82) is 0 Å². The van der Waals surface area contributed by atoms with E-state index in [0.29, 0.717) is 11.5 Å². The van der Waals surface area contributed by atoms with Crippen molar-refractivity contribution in [3.05, 3.63) is 77.8 Å². The van der Waals surface area contributed by atoms with Crippen LogP contribution in [0.15, 0.2) is 65.1 Å². The maximum atomic E-state index is 13.0. The zero-order valence-corrected chi connectivity index (χ0v) is 16.5. The van der Waals surface area contributed by atoms with Crippen LogP contribution in [0.25, 0.3) is 22.4 Å². The van der Waals surface area contributed by atoms with E-state index < -0.39 is 12.1 Å². The Kier molecular flexibility index (Phi) is 5.08. The van der Waals surface area contributed by atoms with Crippen molar-refractivity contribution in [2.24, 2.45) is 0 Å². The second-order valence-electron chi connectivity index (χ2n) is 7.13. The number of carbonyl (C=O) groups excluding carboxylic acids is 1. The highest BCUT2D eigenvalue weighted by Crippen LogP contribution is 2.26. The highest BCUT2D eigenvalue weighted by molar-refractivity contribution is 6.03. The van der Waals surface area contributed by atoms with Crippen molar-refractivity contribution in [1.82, 2.24) is 15.2 Å². The summed E-state index contributed by atoms with van der Waals surface area (Å²) in [6.45, 7) is 5.80. The van der Waals surface area contributed by atoms with Crippen LogP contribution in [0.3, 0.4) is 0 Å². The Morgan fingerprint density at radius 1 is 0.966 bits per heavy atom. The van der Waals surface area contributed by atoms with Crippen LogP contribution in [0.2, 0.25) is 0 Å². The van der Waals surface area contributed by atoms with Crippen molar-refractivity contribution in [2.75, 3.05) is 0 Å². The first kappa shape index (κ1) is 18.8. The van der Waals surface area contributed by atoms with Gasteiger partial charge in [-0.1, -0.05) is 50.2 Å². The van der Waals surface area contributed by atoms with Crippen LogP contribution >= 0.6 is 0 Å². The van der Waals surface area contributed by atoms with Crippen LogP contribution in [0.4, 0.5) is 0 Å². The van der Waals surface area contributed by atoms with Gasteiger partial charge in [-0.2, -0.15) is 0 Å². The Hall–Kier alpha value is -3.54. The Bertz CT molecular complexity index is 1150. The Labute approximate surface area is 168 Å². The second-order valence-corrected chi connectivity index (χ2v) is 7.13. The number of hydrogen-bond acceptors (Lipinski definition) is 6. The molecule has 0 fully saturated rings. The number of hydrogen-bond donors (Lipinski definition) is 0. The average molecular weight is 387 g/mol. The zero-order valence-electron chi connectivity index (χ0n) is 16.5. The maximum absolute atomic E-state index is 13.0. The molecule has 0 aliphatic heterocycles. The lowest BCUT2D eigenvalue weighted by Gasteiger charge is -2.13. The van der Waals surface area contributed by atoms with Gasteiger partial charge in [-0.15, -0.1) is 10.2 Å². The number of aromatic nitrogens is 3. The van der Waals surface area contributed by atoms with Crippen LogP contribution < -0.4 is 0 Å². The molecule has 0 aliphatic rings. The molecule has 0 N–H and O–H groups in total. The Morgan fingerprint density at radius 2 is 1.69 bits per heavy atom. The molecule has 0 radical (unpaired) electrons. The fourth-order valence-electron chi connectivity index (χ4n) is 3.03. The fourth-order valence-corrected chi connectivity index (χ4v) is 3.03. The first-order valence-corrected chi connectivity index (χ1v) is 9.52. The lowest BCUT2D eigenvalue weighted by atomic mass is 10.0. The normalized spacial score (nSPS) is 12.3. The van der Waals surface area contributed by atoms with Crippen LogP contribution in [-0.4, -0.2) is 21.2 Å². The van der Waals surface area contributed by atoms with Gasteiger partial charge in [0.05, 0.1) is 11.1 Å². The highest BCUT2D eigenvalue weighted by atomic mass is 16.6. The van der Waals surface area contributed by atoms with Gasteiger partial charge in [0.25, 0.3) is 5.89 Å². The molecular weight excluding hydrogens is 366 g/mol. The SMILES string of the molecule is CC(C)c1cc(C(=O)OC(C)c2nnc(-c3ccccc3)o2)c2ccccc2n1. The molecule has 0 saturated carbocycles. The molecule has 6 nitrogen and oxygen atoms in total. The molecular formula is C23H21N3O3. The van der Waals surface area contributed by atoms with Gasteiger partial charge in [0.15, 0.2) is 6.10 Å². The molecule has 1 atom stereocenters. The number of fused-ring (bicyclic) bond motifs is 1. The van der Waals surface area contributed by atoms with Crippen molar-refractivity contribution >= 4 is 16.9 Å². The number of ether oxygens (including phenoxy) is 1. The van der Waals surface area contributed by atoms with Crippen molar-refractivity contribution < 1.29 is 13.9 Å². The summed E-state index contributed by atoms with van der Waals surface area (Å²) < 4.78 is 11.4. The molecule has 146 valence electrons. The number of benzene rings is 2. The fraction of sp³-hybridized carbons (Fsp3) is 0.217. The third-order valence-electron chi connectivity index (χ3n) is 4.64. The molecule has 0 spiro atoms. The third-order valence-corrected chi connectivity index (χ3v) is 4.64. The molecule has 1 unspecified atom stereocenters. The highest BCUT2D eigenvalue weighted by Gasteiger charge is 2.22. The summed E-state index contributed by atoms with van der Waals surface area (Å²) in [5.41, 5.74) is 2.90. The molecule has 6 heteroatoms. The number of esters is 1. The largest absolute Gasteiger partial charge is 0.449 e. The summed E-state index contributed by atoms with van der Waals surface area (Å²) in [4.78, 5) is 17.6. The summed E-state index contributed by atoms with van der Waals surface area (Å²) in [6, 6.07) is 18.8. The molecule has 0 saturated heterocycles. The first-order chi connectivity index (χ1) is 14.0. The molecule has 4 rings (SSSR count). The summed E-state index contributed by atoms with van der Waals surface area (Å²) in [6.07, 6.45) is -0.679. The molecule has 0 bridgehead atoms. The second kappa shape index (κ2) is 7.83. The van der Waals surface area contributed by atoms with Gasteiger partial charge in [0.2, 0.25) is 5.89 Å². The Morgan fingerprint density at radius 3 is 2.45 bits per heavy atom. The molecule has 0 aliphatic carbocycles. The minimum atomic E-state index is -0.679. The van der Waals surface area contributed by atoms with Gasteiger partial charge in [-0.05, 0) is 37.1 Å². The molecule has 2 aromatic heterocycles. The van der Waals surface area contributed by atoms with Crippen LogP contribution in [0.1, 0.15) is 54.7 Å². The number of nitrogens with zero attached hydrogens (tertiary/aromatic N) is 3. The van der Waals surface area contributed by atoms with E-state index in [9.17, 15) is 4.79 Å². The molecule has 2 aromatic carbocycles. The lowest BCUT2D eigenvalue weighted by molar-refractivity contribution is 0.0282. The summed E-state index contributed by atoms with van der Waals surface area (Å²) >= 11 is 0. The predicted octanol–water partition coefficient (Wildman–Crippen LogP) is 5.33. The van der Waals surface area contributed by atoms with E-state index in [2.05, 4.69) is 15.2 Å². The number of pyridine rings is 1. The van der Waals surface area contributed by atoms with E-state index in [4.69, 9.17) is 9.15 Å². The number of carbonyl (C=O) groups is 1. The van der Waals surface area contributed by atoms with Crippen LogP contribution in [-0.2, 0) is 4.74 Å².